The molecule has 1 saturated carbocycles. The van der Waals surface area contributed by atoms with Crippen molar-refractivity contribution in [2.24, 2.45) is 11.1 Å². The molecule has 1 unspecified atom stereocenters. The molecule has 0 radical (unpaired) electrons. The molecule has 1 fully saturated rings. The van der Waals surface area contributed by atoms with Gasteiger partial charge in [0, 0.05) is 31.4 Å². The van der Waals surface area contributed by atoms with Crippen LogP contribution >= 0.6 is 0 Å². The molecule has 1 aromatic heterocycles. The average molecular weight is 235 g/mol. The molecule has 0 aromatic carbocycles. The normalized spacial score (nSPS) is 20.6. The van der Waals surface area contributed by atoms with Crippen LogP contribution in [0.1, 0.15) is 51.8 Å². The van der Waals surface area contributed by atoms with Gasteiger partial charge in [0.1, 0.15) is 5.82 Å². The minimum atomic E-state index is 0.253. The molecule has 0 saturated heterocycles. The standard InChI is InChI=1S/C14H25N3/c1-3-9-17-10-8-16-13(17)11-12(15)14(2)6-4-5-7-14/h8,10,12H,3-7,9,11,15H2,1-2H3. The second-order valence-electron chi connectivity index (χ2n) is 5.71. The van der Waals surface area contributed by atoms with Crippen LogP contribution in [-0.2, 0) is 13.0 Å². The van der Waals surface area contributed by atoms with Crippen molar-refractivity contribution in [3.63, 3.8) is 0 Å². The highest BCUT2D eigenvalue weighted by Crippen LogP contribution is 2.40. The third kappa shape index (κ3) is 2.71. The van der Waals surface area contributed by atoms with E-state index in [0.29, 0.717) is 5.41 Å². The summed E-state index contributed by atoms with van der Waals surface area (Å²) in [6.45, 7) is 5.60. The Labute approximate surface area is 104 Å². The number of hydrogen-bond acceptors (Lipinski definition) is 2. The summed E-state index contributed by atoms with van der Waals surface area (Å²) in [4.78, 5) is 4.46. The van der Waals surface area contributed by atoms with Crippen molar-refractivity contribution < 1.29 is 0 Å². The van der Waals surface area contributed by atoms with E-state index in [1.165, 1.54) is 25.7 Å². The van der Waals surface area contributed by atoms with Gasteiger partial charge in [-0.1, -0.05) is 26.7 Å². The fourth-order valence-corrected chi connectivity index (χ4v) is 2.97. The Kier molecular flexibility index (Phi) is 3.87. The van der Waals surface area contributed by atoms with Gasteiger partial charge in [-0.05, 0) is 24.7 Å². The lowest BCUT2D eigenvalue weighted by atomic mass is 9.79. The van der Waals surface area contributed by atoms with E-state index in [-0.39, 0.29) is 6.04 Å². The Morgan fingerprint density at radius 1 is 1.47 bits per heavy atom. The van der Waals surface area contributed by atoms with Gasteiger partial charge in [-0.25, -0.2) is 4.98 Å². The molecule has 3 nitrogen and oxygen atoms in total. The molecule has 17 heavy (non-hydrogen) atoms. The maximum Gasteiger partial charge on any atom is 0.110 e. The number of aromatic nitrogens is 2. The van der Waals surface area contributed by atoms with Gasteiger partial charge in [0.05, 0.1) is 0 Å². The second kappa shape index (κ2) is 5.21. The molecule has 1 aliphatic rings. The van der Waals surface area contributed by atoms with Gasteiger partial charge in [0.15, 0.2) is 0 Å². The van der Waals surface area contributed by atoms with E-state index in [4.69, 9.17) is 5.73 Å². The van der Waals surface area contributed by atoms with Gasteiger partial charge < -0.3 is 10.3 Å². The van der Waals surface area contributed by atoms with E-state index in [1.807, 2.05) is 6.20 Å². The lowest BCUT2D eigenvalue weighted by Crippen LogP contribution is -2.40. The zero-order chi connectivity index (χ0) is 12.3. The van der Waals surface area contributed by atoms with Crippen LogP contribution in [0, 0.1) is 5.41 Å². The first-order chi connectivity index (χ1) is 8.15. The first kappa shape index (κ1) is 12.6. The highest BCUT2D eigenvalue weighted by Gasteiger charge is 2.35. The van der Waals surface area contributed by atoms with Crippen LogP contribution in [0.3, 0.4) is 0 Å². The SMILES string of the molecule is CCCn1ccnc1CC(N)C1(C)CCCC1. The summed E-state index contributed by atoms with van der Waals surface area (Å²) in [5.74, 6) is 1.16. The lowest BCUT2D eigenvalue weighted by Gasteiger charge is -2.31. The van der Waals surface area contributed by atoms with Gasteiger partial charge in [-0.2, -0.15) is 0 Å². The largest absolute Gasteiger partial charge is 0.335 e. The quantitative estimate of drug-likeness (QED) is 0.853. The maximum atomic E-state index is 6.42. The van der Waals surface area contributed by atoms with Crippen molar-refractivity contribution in [2.75, 3.05) is 0 Å². The molecule has 96 valence electrons. The summed E-state index contributed by atoms with van der Waals surface area (Å²) in [5.41, 5.74) is 6.75. The van der Waals surface area contributed by atoms with Crippen molar-refractivity contribution >= 4 is 0 Å². The maximum absolute atomic E-state index is 6.42. The third-order valence-corrected chi connectivity index (χ3v) is 4.31. The molecule has 0 aliphatic heterocycles. The topological polar surface area (TPSA) is 43.8 Å². The van der Waals surface area contributed by atoms with Crippen LogP contribution in [0.2, 0.25) is 0 Å². The molecule has 3 heteroatoms. The van der Waals surface area contributed by atoms with Gasteiger partial charge in [0.25, 0.3) is 0 Å². The van der Waals surface area contributed by atoms with E-state index >= 15 is 0 Å². The molecule has 1 aliphatic carbocycles. The van der Waals surface area contributed by atoms with Gasteiger partial charge in [-0.15, -0.1) is 0 Å². The molecule has 1 heterocycles. The number of aryl methyl sites for hydroxylation is 1. The van der Waals surface area contributed by atoms with E-state index in [2.05, 4.69) is 29.6 Å². The minimum absolute atomic E-state index is 0.253. The second-order valence-corrected chi connectivity index (χ2v) is 5.71. The Morgan fingerprint density at radius 3 is 2.82 bits per heavy atom. The zero-order valence-corrected chi connectivity index (χ0v) is 11.2. The highest BCUT2D eigenvalue weighted by atomic mass is 15.1. The average Bonchev–Trinajstić information content (AvgIpc) is 2.90. The van der Waals surface area contributed by atoms with Crippen LogP contribution in [0.5, 0.6) is 0 Å². The van der Waals surface area contributed by atoms with Gasteiger partial charge >= 0.3 is 0 Å². The molecular weight excluding hydrogens is 210 g/mol. The van der Waals surface area contributed by atoms with Crippen molar-refractivity contribution in [3.05, 3.63) is 18.2 Å². The fourth-order valence-electron chi connectivity index (χ4n) is 2.97. The molecule has 0 bridgehead atoms. The molecular formula is C14H25N3. The monoisotopic (exact) mass is 235 g/mol. The first-order valence-corrected chi connectivity index (χ1v) is 6.91. The van der Waals surface area contributed by atoms with E-state index in [1.54, 1.807) is 0 Å². The van der Waals surface area contributed by atoms with Crippen molar-refractivity contribution in [1.29, 1.82) is 0 Å². The first-order valence-electron chi connectivity index (χ1n) is 6.91. The third-order valence-electron chi connectivity index (χ3n) is 4.31. The molecule has 1 atom stereocenters. The Balaban J connectivity index is 2.02. The summed E-state index contributed by atoms with van der Waals surface area (Å²) in [7, 11) is 0. The zero-order valence-electron chi connectivity index (χ0n) is 11.2. The van der Waals surface area contributed by atoms with E-state index in [9.17, 15) is 0 Å². The summed E-state index contributed by atoms with van der Waals surface area (Å²) in [6.07, 6.45) is 11.3. The number of imidazole rings is 1. The smallest absolute Gasteiger partial charge is 0.110 e. The molecule has 2 N–H and O–H groups in total. The molecule has 0 spiro atoms. The summed E-state index contributed by atoms with van der Waals surface area (Å²) in [5, 5.41) is 0. The van der Waals surface area contributed by atoms with Crippen LogP contribution in [-0.4, -0.2) is 15.6 Å². The van der Waals surface area contributed by atoms with Crippen LogP contribution in [0.25, 0.3) is 0 Å². The van der Waals surface area contributed by atoms with Crippen LogP contribution < -0.4 is 5.73 Å². The van der Waals surface area contributed by atoms with E-state index < -0.39 is 0 Å². The number of nitrogens with two attached hydrogens (primary N) is 1. The van der Waals surface area contributed by atoms with Crippen molar-refractivity contribution in [3.8, 4) is 0 Å². The summed E-state index contributed by atoms with van der Waals surface area (Å²) >= 11 is 0. The Bertz CT molecular complexity index is 350. The predicted octanol–water partition coefficient (Wildman–Crippen LogP) is 2.74. The molecule has 2 rings (SSSR count). The van der Waals surface area contributed by atoms with Gasteiger partial charge in [0.2, 0.25) is 0 Å². The fraction of sp³-hybridized carbons (Fsp3) is 0.786. The van der Waals surface area contributed by atoms with E-state index in [0.717, 1.165) is 25.2 Å². The molecule has 1 aromatic rings. The molecule has 0 amide bonds. The lowest BCUT2D eigenvalue weighted by molar-refractivity contribution is 0.256. The Morgan fingerprint density at radius 2 is 2.18 bits per heavy atom. The van der Waals surface area contributed by atoms with Gasteiger partial charge in [-0.3, -0.25) is 0 Å². The number of nitrogens with zero attached hydrogens (tertiary/aromatic N) is 2. The number of rotatable bonds is 5. The summed E-state index contributed by atoms with van der Waals surface area (Å²) < 4.78 is 2.25. The van der Waals surface area contributed by atoms with Crippen molar-refractivity contribution in [2.45, 2.75) is 65.0 Å². The van der Waals surface area contributed by atoms with Crippen LogP contribution in [0.4, 0.5) is 0 Å². The van der Waals surface area contributed by atoms with Crippen molar-refractivity contribution in [1.82, 2.24) is 9.55 Å². The highest BCUT2D eigenvalue weighted by molar-refractivity contribution is 5.00. The summed E-state index contributed by atoms with van der Waals surface area (Å²) in [6, 6.07) is 0.253. The number of hydrogen-bond donors (Lipinski definition) is 1. The van der Waals surface area contributed by atoms with Crippen LogP contribution in [0.15, 0.2) is 12.4 Å². The minimum Gasteiger partial charge on any atom is -0.335 e. The predicted molar refractivity (Wildman–Crippen MR) is 70.8 cm³/mol. The Hall–Kier alpha value is -0.830.